The van der Waals surface area contributed by atoms with Crippen molar-refractivity contribution in [2.45, 2.75) is 19.4 Å². The monoisotopic (exact) mass is 549 g/mol. The van der Waals surface area contributed by atoms with E-state index in [1.165, 1.54) is 12.1 Å². The van der Waals surface area contributed by atoms with Crippen LogP contribution >= 0.6 is 11.6 Å². The molecule has 0 aliphatic carbocycles. The Hall–Kier alpha value is -3.68. The number of rotatable bonds is 10. The first-order valence-corrected chi connectivity index (χ1v) is 13.4. The van der Waals surface area contributed by atoms with Gasteiger partial charge in [0.25, 0.3) is 5.91 Å². The maximum atomic E-state index is 14.4. The number of carbonyl (C=O) groups excluding carboxylic acids is 2. The lowest BCUT2D eigenvalue weighted by molar-refractivity contribution is -0.127. The molecule has 4 rings (SSSR count). The molecule has 1 aliphatic heterocycles. The number of carbonyl (C=O) groups is 2. The third-order valence-corrected chi connectivity index (χ3v) is 7.07. The van der Waals surface area contributed by atoms with E-state index in [4.69, 9.17) is 16.3 Å². The second-order valence-electron chi connectivity index (χ2n) is 9.61. The first-order valence-electron chi connectivity index (χ1n) is 13.0. The topological polar surface area (TPSA) is 61.9 Å². The highest BCUT2D eigenvalue weighted by Crippen LogP contribution is 2.26. The predicted octanol–water partition coefficient (Wildman–Crippen LogP) is 5.21. The average molecular weight is 550 g/mol. The normalized spacial score (nSPS) is 14.5. The zero-order valence-corrected chi connectivity index (χ0v) is 22.8. The summed E-state index contributed by atoms with van der Waals surface area (Å²) in [6, 6.07) is 19.7. The van der Waals surface area contributed by atoms with Crippen LogP contribution in [0.3, 0.4) is 0 Å². The zero-order valence-electron chi connectivity index (χ0n) is 22.0. The summed E-state index contributed by atoms with van der Waals surface area (Å²) in [7, 11) is 0. The minimum absolute atomic E-state index is 0.0726. The number of piperazine rings is 1. The van der Waals surface area contributed by atoms with Gasteiger partial charge < -0.3 is 15.0 Å². The fourth-order valence-electron chi connectivity index (χ4n) is 4.50. The summed E-state index contributed by atoms with van der Waals surface area (Å²) in [5, 5.41) is 3.60. The van der Waals surface area contributed by atoms with Crippen molar-refractivity contribution >= 4 is 23.4 Å². The number of halogens is 2. The second-order valence-corrected chi connectivity index (χ2v) is 10.0. The maximum Gasteiger partial charge on any atom is 0.251 e. The van der Waals surface area contributed by atoms with E-state index >= 15 is 0 Å². The molecule has 1 saturated heterocycles. The summed E-state index contributed by atoms with van der Waals surface area (Å²) < 4.78 is 20.8. The molecule has 1 unspecified atom stereocenters. The largest absolute Gasteiger partial charge is 0.484 e. The molecular formula is C31H33ClFN3O3. The Bertz CT molecular complexity index is 1310. The molecule has 39 heavy (non-hydrogen) atoms. The molecule has 1 heterocycles. The highest BCUT2D eigenvalue weighted by atomic mass is 35.5. The molecule has 1 atom stereocenters. The molecule has 204 valence electrons. The molecule has 3 aromatic carbocycles. The van der Waals surface area contributed by atoms with E-state index in [2.05, 4.69) is 16.8 Å². The Labute approximate surface area is 234 Å². The minimum Gasteiger partial charge on any atom is -0.484 e. The molecular weight excluding hydrogens is 517 g/mol. The second kappa shape index (κ2) is 13.4. The fraction of sp³-hybridized carbons (Fsp3) is 0.290. The van der Waals surface area contributed by atoms with E-state index in [-0.39, 0.29) is 17.6 Å². The van der Waals surface area contributed by atoms with Crippen LogP contribution in [0.4, 0.5) is 4.39 Å². The Morgan fingerprint density at radius 1 is 1.08 bits per heavy atom. The smallest absolute Gasteiger partial charge is 0.251 e. The fourth-order valence-corrected chi connectivity index (χ4v) is 4.71. The third-order valence-electron chi connectivity index (χ3n) is 6.83. The summed E-state index contributed by atoms with van der Waals surface area (Å²) in [6.45, 7) is 8.87. The van der Waals surface area contributed by atoms with Crippen molar-refractivity contribution in [3.05, 3.63) is 112 Å². The Morgan fingerprint density at radius 3 is 2.49 bits per heavy atom. The van der Waals surface area contributed by atoms with Crippen molar-refractivity contribution in [1.82, 2.24) is 15.1 Å². The lowest BCUT2D eigenvalue weighted by Gasteiger charge is -2.36. The number of ether oxygens (including phenoxy) is 1. The number of nitrogens with one attached hydrogen (secondary N) is 1. The zero-order chi connectivity index (χ0) is 27.8. The Balaban J connectivity index is 1.39. The summed E-state index contributed by atoms with van der Waals surface area (Å²) in [5.74, 6) is 0.0496. The van der Waals surface area contributed by atoms with Crippen LogP contribution < -0.4 is 10.1 Å². The first-order chi connectivity index (χ1) is 18.8. The van der Waals surface area contributed by atoms with E-state index in [1.54, 1.807) is 42.2 Å². The Morgan fingerprint density at radius 2 is 1.82 bits per heavy atom. The SMILES string of the molecule is C=CC(=O)N1CCN(CC(Oc2ccc(C(=O)NCCc3cccc(Cl)c3)cc2)c2ccc(C)c(F)c2)CC1. The number of amides is 2. The number of nitrogens with zero attached hydrogens (tertiary/aromatic N) is 2. The van der Waals surface area contributed by atoms with E-state index in [0.717, 1.165) is 11.1 Å². The van der Waals surface area contributed by atoms with E-state index in [1.807, 2.05) is 30.3 Å². The van der Waals surface area contributed by atoms with Gasteiger partial charge in [-0.25, -0.2) is 4.39 Å². The van der Waals surface area contributed by atoms with Crippen LogP contribution in [0.5, 0.6) is 5.75 Å². The van der Waals surface area contributed by atoms with Gasteiger partial charge in [0.05, 0.1) is 0 Å². The number of benzene rings is 3. The van der Waals surface area contributed by atoms with Crippen LogP contribution in [-0.4, -0.2) is 60.9 Å². The standard InChI is InChI=1S/C31H33ClFN3O3/c1-3-30(37)36-17-15-35(16-18-36)21-29(25-8-7-22(2)28(33)20-25)39-27-11-9-24(10-12-27)31(38)34-14-13-23-5-4-6-26(32)19-23/h3-12,19-20,29H,1,13-18,21H2,2H3,(H,34,38). The van der Waals surface area contributed by atoms with Gasteiger partial charge in [-0.05, 0) is 78.6 Å². The van der Waals surface area contributed by atoms with Crippen LogP contribution in [0.2, 0.25) is 5.02 Å². The van der Waals surface area contributed by atoms with Crippen molar-refractivity contribution in [1.29, 1.82) is 0 Å². The third kappa shape index (κ3) is 7.91. The van der Waals surface area contributed by atoms with E-state index in [9.17, 15) is 14.0 Å². The predicted molar refractivity (Wildman–Crippen MR) is 152 cm³/mol. The lowest BCUT2D eigenvalue weighted by atomic mass is 10.1. The molecule has 0 saturated carbocycles. The molecule has 0 bridgehead atoms. The quantitative estimate of drug-likeness (QED) is 0.353. The average Bonchev–Trinajstić information content (AvgIpc) is 2.94. The van der Waals surface area contributed by atoms with Crippen molar-refractivity contribution in [3.8, 4) is 5.75 Å². The molecule has 0 radical (unpaired) electrons. The van der Waals surface area contributed by atoms with E-state index < -0.39 is 6.10 Å². The summed E-state index contributed by atoms with van der Waals surface area (Å²) in [5.41, 5.74) is 2.87. The lowest BCUT2D eigenvalue weighted by Crippen LogP contribution is -2.49. The Kier molecular flexibility index (Phi) is 9.74. The van der Waals surface area contributed by atoms with Crippen LogP contribution in [0.15, 0.2) is 79.4 Å². The number of hydrogen-bond donors (Lipinski definition) is 1. The van der Waals surface area contributed by atoms with Gasteiger partial charge in [-0.1, -0.05) is 42.4 Å². The van der Waals surface area contributed by atoms with Crippen LogP contribution in [-0.2, 0) is 11.2 Å². The van der Waals surface area contributed by atoms with Gasteiger partial charge in [-0.3, -0.25) is 14.5 Å². The number of hydrogen-bond acceptors (Lipinski definition) is 4. The molecule has 1 fully saturated rings. The van der Waals surface area contributed by atoms with Gasteiger partial charge in [-0.2, -0.15) is 0 Å². The molecule has 0 aromatic heterocycles. The molecule has 1 N–H and O–H groups in total. The summed E-state index contributed by atoms with van der Waals surface area (Å²) in [6.07, 6.45) is 1.58. The van der Waals surface area contributed by atoms with Crippen molar-refractivity contribution in [3.63, 3.8) is 0 Å². The van der Waals surface area contributed by atoms with Crippen molar-refractivity contribution in [2.24, 2.45) is 0 Å². The van der Waals surface area contributed by atoms with Gasteiger partial charge >= 0.3 is 0 Å². The molecule has 8 heteroatoms. The van der Waals surface area contributed by atoms with Gasteiger partial charge in [0.15, 0.2) is 0 Å². The van der Waals surface area contributed by atoms with Crippen LogP contribution in [0.1, 0.15) is 33.2 Å². The van der Waals surface area contributed by atoms with Gasteiger partial charge in [0.2, 0.25) is 5.91 Å². The van der Waals surface area contributed by atoms with Crippen molar-refractivity contribution in [2.75, 3.05) is 39.3 Å². The van der Waals surface area contributed by atoms with Gasteiger partial charge in [0.1, 0.15) is 17.7 Å². The molecule has 1 aliphatic rings. The maximum absolute atomic E-state index is 14.4. The van der Waals surface area contributed by atoms with E-state index in [0.29, 0.717) is 67.6 Å². The van der Waals surface area contributed by atoms with Crippen molar-refractivity contribution < 1.29 is 18.7 Å². The minimum atomic E-state index is -0.431. The number of aryl methyl sites for hydroxylation is 1. The summed E-state index contributed by atoms with van der Waals surface area (Å²) >= 11 is 6.03. The molecule has 3 aromatic rings. The molecule has 6 nitrogen and oxygen atoms in total. The summed E-state index contributed by atoms with van der Waals surface area (Å²) in [4.78, 5) is 28.5. The van der Waals surface area contributed by atoms with Crippen LogP contribution in [0, 0.1) is 12.7 Å². The highest BCUT2D eigenvalue weighted by molar-refractivity contribution is 6.30. The van der Waals surface area contributed by atoms with Gasteiger partial charge in [0, 0.05) is 49.9 Å². The first kappa shape index (κ1) is 28.3. The van der Waals surface area contributed by atoms with Crippen LogP contribution in [0.25, 0.3) is 0 Å². The molecule has 0 spiro atoms. The molecule has 2 amide bonds. The highest BCUT2D eigenvalue weighted by Gasteiger charge is 2.24. The van der Waals surface area contributed by atoms with Gasteiger partial charge in [-0.15, -0.1) is 0 Å².